The molecular weight excluding hydrogens is 174 g/mol. The molecule has 1 rings (SSSR count). The van der Waals surface area contributed by atoms with Gasteiger partial charge >= 0.3 is 5.97 Å². The third-order valence-electron chi connectivity index (χ3n) is 1.80. The lowest BCUT2D eigenvalue weighted by molar-refractivity contribution is 0.0697. The fourth-order valence-electron chi connectivity index (χ4n) is 0.951. The fraction of sp³-hybridized carbons (Fsp3) is 0.125. The van der Waals surface area contributed by atoms with Crippen LogP contribution in [0.3, 0.4) is 0 Å². The number of nitrogens with two attached hydrogens (primary N) is 1. The number of aromatic carboxylic acids is 1. The number of phenols is 2. The second kappa shape index (κ2) is 2.85. The van der Waals surface area contributed by atoms with Gasteiger partial charge in [0.15, 0.2) is 0 Å². The first-order chi connectivity index (χ1) is 5.95. The molecule has 0 aliphatic rings. The highest BCUT2D eigenvalue weighted by atomic mass is 16.4. The Morgan fingerprint density at radius 1 is 1.46 bits per heavy atom. The summed E-state index contributed by atoms with van der Waals surface area (Å²) in [5.74, 6) is -1.97. The van der Waals surface area contributed by atoms with Gasteiger partial charge in [-0.15, -0.1) is 0 Å². The van der Waals surface area contributed by atoms with Crippen molar-refractivity contribution in [1.29, 1.82) is 0 Å². The molecule has 1 aromatic rings. The van der Waals surface area contributed by atoms with Crippen molar-refractivity contribution in [2.45, 2.75) is 6.92 Å². The molecule has 0 heterocycles. The first kappa shape index (κ1) is 9.18. The Kier molecular flexibility index (Phi) is 2.02. The average molecular weight is 183 g/mol. The molecule has 5 nitrogen and oxygen atoms in total. The minimum atomic E-state index is -1.29. The van der Waals surface area contributed by atoms with Crippen molar-refractivity contribution in [3.8, 4) is 11.5 Å². The number of benzene rings is 1. The molecule has 0 spiro atoms. The predicted molar refractivity (Wildman–Crippen MR) is 45.9 cm³/mol. The van der Waals surface area contributed by atoms with Crippen LogP contribution in [0.4, 0.5) is 5.69 Å². The van der Waals surface area contributed by atoms with Crippen LogP contribution in [0.15, 0.2) is 6.07 Å². The highest BCUT2D eigenvalue weighted by Crippen LogP contribution is 2.34. The predicted octanol–water partition coefficient (Wildman–Crippen LogP) is 0.687. The highest BCUT2D eigenvalue weighted by Gasteiger charge is 2.16. The fourth-order valence-corrected chi connectivity index (χ4v) is 0.951. The monoisotopic (exact) mass is 183 g/mol. The van der Waals surface area contributed by atoms with E-state index in [0.717, 1.165) is 6.07 Å². The first-order valence-corrected chi connectivity index (χ1v) is 3.49. The summed E-state index contributed by atoms with van der Waals surface area (Å²) in [4.78, 5) is 10.5. The summed E-state index contributed by atoms with van der Waals surface area (Å²) >= 11 is 0. The minimum absolute atomic E-state index is 0.169. The molecule has 70 valence electrons. The SMILES string of the molecule is Cc1c(O)cc(C(=O)O)c(N)c1O. The van der Waals surface area contributed by atoms with Gasteiger partial charge < -0.3 is 21.1 Å². The molecule has 0 radical (unpaired) electrons. The lowest BCUT2D eigenvalue weighted by atomic mass is 10.1. The zero-order chi connectivity index (χ0) is 10.2. The summed E-state index contributed by atoms with van der Waals surface area (Å²) in [5, 5.41) is 27.0. The average Bonchev–Trinajstić information content (AvgIpc) is 2.07. The van der Waals surface area contributed by atoms with Gasteiger partial charge in [0, 0.05) is 5.56 Å². The van der Waals surface area contributed by atoms with Crippen LogP contribution in [0.1, 0.15) is 15.9 Å². The second-order valence-corrected chi connectivity index (χ2v) is 2.64. The molecule has 0 bridgehead atoms. The molecule has 5 N–H and O–H groups in total. The lowest BCUT2D eigenvalue weighted by Crippen LogP contribution is -2.03. The number of nitrogen functional groups attached to an aromatic ring is 1. The standard InChI is InChI=1S/C8H9NO4/c1-3-5(10)2-4(8(12)13)6(9)7(3)11/h2,10-11H,9H2,1H3,(H,12,13). The molecule has 0 fully saturated rings. The quantitative estimate of drug-likeness (QED) is 0.291. The zero-order valence-electron chi connectivity index (χ0n) is 6.90. The third kappa shape index (κ3) is 1.35. The number of aromatic hydroxyl groups is 2. The third-order valence-corrected chi connectivity index (χ3v) is 1.80. The molecule has 0 unspecified atom stereocenters. The maximum Gasteiger partial charge on any atom is 0.338 e. The molecule has 0 amide bonds. The van der Waals surface area contributed by atoms with Gasteiger partial charge in [-0.1, -0.05) is 0 Å². The Bertz CT molecular complexity index is 373. The number of hydrogen-bond donors (Lipinski definition) is 4. The van der Waals surface area contributed by atoms with Crippen molar-refractivity contribution in [3.63, 3.8) is 0 Å². The molecule has 0 atom stereocenters. The van der Waals surface area contributed by atoms with Gasteiger partial charge in [-0.25, -0.2) is 4.79 Å². The molecule has 0 aliphatic carbocycles. The van der Waals surface area contributed by atoms with E-state index in [0.29, 0.717) is 0 Å². The summed E-state index contributed by atoms with van der Waals surface area (Å²) in [6.07, 6.45) is 0. The Morgan fingerprint density at radius 2 is 2.00 bits per heavy atom. The van der Waals surface area contributed by atoms with Crippen molar-refractivity contribution >= 4 is 11.7 Å². The molecule has 0 saturated carbocycles. The smallest absolute Gasteiger partial charge is 0.338 e. The van der Waals surface area contributed by atoms with E-state index >= 15 is 0 Å². The van der Waals surface area contributed by atoms with Crippen molar-refractivity contribution in [3.05, 3.63) is 17.2 Å². The van der Waals surface area contributed by atoms with Gasteiger partial charge in [0.25, 0.3) is 0 Å². The molecule has 13 heavy (non-hydrogen) atoms. The number of anilines is 1. The first-order valence-electron chi connectivity index (χ1n) is 3.49. The van der Waals surface area contributed by atoms with Crippen LogP contribution in [-0.2, 0) is 0 Å². The van der Waals surface area contributed by atoms with Crippen LogP contribution < -0.4 is 5.73 Å². The van der Waals surface area contributed by atoms with Gasteiger partial charge in [-0.2, -0.15) is 0 Å². The Labute approximate surface area is 74.0 Å². The van der Waals surface area contributed by atoms with Gasteiger partial charge in [-0.05, 0) is 13.0 Å². The number of carboxylic acids is 1. The van der Waals surface area contributed by atoms with Crippen LogP contribution in [0.2, 0.25) is 0 Å². The van der Waals surface area contributed by atoms with E-state index in [9.17, 15) is 15.0 Å². The number of hydrogen-bond acceptors (Lipinski definition) is 4. The van der Waals surface area contributed by atoms with Crippen LogP contribution in [0.5, 0.6) is 11.5 Å². The molecule has 1 aromatic carbocycles. The topological polar surface area (TPSA) is 104 Å². The summed E-state index contributed by atoms with van der Waals surface area (Å²) in [7, 11) is 0. The number of phenolic OH excluding ortho intramolecular Hbond substituents is 2. The Morgan fingerprint density at radius 3 is 2.46 bits per heavy atom. The molecule has 0 aliphatic heterocycles. The van der Waals surface area contributed by atoms with Crippen LogP contribution in [0.25, 0.3) is 0 Å². The van der Waals surface area contributed by atoms with Crippen molar-refractivity contribution in [1.82, 2.24) is 0 Å². The largest absolute Gasteiger partial charge is 0.508 e. The molecule has 0 aromatic heterocycles. The van der Waals surface area contributed by atoms with E-state index in [4.69, 9.17) is 10.8 Å². The van der Waals surface area contributed by atoms with Crippen molar-refractivity contribution < 1.29 is 20.1 Å². The van der Waals surface area contributed by atoms with E-state index in [1.165, 1.54) is 6.92 Å². The second-order valence-electron chi connectivity index (χ2n) is 2.64. The molecule has 5 heteroatoms. The van der Waals surface area contributed by atoms with E-state index in [1.807, 2.05) is 0 Å². The number of rotatable bonds is 1. The molecular formula is C8H9NO4. The van der Waals surface area contributed by atoms with E-state index in [1.54, 1.807) is 0 Å². The zero-order valence-corrected chi connectivity index (χ0v) is 6.90. The summed E-state index contributed by atoms with van der Waals surface area (Å²) in [6.45, 7) is 1.44. The molecule has 0 saturated heterocycles. The van der Waals surface area contributed by atoms with Gasteiger partial charge in [0.1, 0.15) is 11.5 Å². The number of carboxylic acid groups (broad SMARTS) is 1. The van der Waals surface area contributed by atoms with Gasteiger partial charge in [-0.3, -0.25) is 0 Å². The maximum absolute atomic E-state index is 10.5. The highest BCUT2D eigenvalue weighted by molar-refractivity contribution is 5.96. The van der Waals surface area contributed by atoms with Gasteiger partial charge in [0.05, 0.1) is 11.3 Å². The normalized spacial score (nSPS) is 9.92. The summed E-state index contributed by atoms with van der Waals surface area (Å²) in [5.41, 5.74) is 4.94. The van der Waals surface area contributed by atoms with E-state index in [-0.39, 0.29) is 22.6 Å². The van der Waals surface area contributed by atoms with Crippen LogP contribution in [0, 0.1) is 6.92 Å². The van der Waals surface area contributed by atoms with Crippen molar-refractivity contribution in [2.24, 2.45) is 0 Å². The van der Waals surface area contributed by atoms with E-state index < -0.39 is 11.7 Å². The van der Waals surface area contributed by atoms with Crippen LogP contribution >= 0.6 is 0 Å². The summed E-state index contributed by atoms with van der Waals surface area (Å²) in [6, 6.07) is 1.01. The van der Waals surface area contributed by atoms with Gasteiger partial charge in [0.2, 0.25) is 0 Å². The Hall–Kier alpha value is -1.91. The Balaban J connectivity index is 3.50. The maximum atomic E-state index is 10.5. The summed E-state index contributed by atoms with van der Waals surface area (Å²) < 4.78 is 0. The van der Waals surface area contributed by atoms with Crippen molar-refractivity contribution in [2.75, 3.05) is 5.73 Å². The lowest BCUT2D eigenvalue weighted by Gasteiger charge is -2.07. The van der Waals surface area contributed by atoms with Crippen LogP contribution in [-0.4, -0.2) is 21.3 Å². The van der Waals surface area contributed by atoms with E-state index in [2.05, 4.69) is 0 Å². The minimum Gasteiger partial charge on any atom is -0.508 e. The number of carbonyl (C=O) groups is 1.